The summed E-state index contributed by atoms with van der Waals surface area (Å²) < 4.78 is 13.5. The highest BCUT2D eigenvalue weighted by Crippen LogP contribution is 2.13. The second kappa shape index (κ2) is 4.01. The summed E-state index contributed by atoms with van der Waals surface area (Å²) in [5, 5.41) is 3.02. The Bertz CT molecular complexity index is 250. The number of rotatable bonds is 2. The summed E-state index contributed by atoms with van der Waals surface area (Å²) in [7, 11) is 1.87. The van der Waals surface area contributed by atoms with Crippen molar-refractivity contribution in [2.45, 2.75) is 6.54 Å². The molecule has 0 atom stereocenters. The lowest BCUT2D eigenvalue weighted by atomic mass is 10.2. The van der Waals surface area contributed by atoms with Crippen LogP contribution in [0, 0.1) is 9.39 Å². The highest BCUT2D eigenvalue weighted by Gasteiger charge is 1.98. The topological polar surface area (TPSA) is 12.0 Å². The van der Waals surface area contributed by atoms with Crippen molar-refractivity contribution >= 4 is 22.6 Å². The van der Waals surface area contributed by atoms with Crippen molar-refractivity contribution in [3.63, 3.8) is 0 Å². The summed E-state index contributed by atoms with van der Waals surface area (Å²) in [6.07, 6.45) is 0. The Kier molecular flexibility index (Phi) is 3.26. The summed E-state index contributed by atoms with van der Waals surface area (Å²) in [4.78, 5) is 0. The van der Waals surface area contributed by atoms with E-state index in [2.05, 4.69) is 27.9 Å². The molecule has 0 bridgehead atoms. The van der Waals surface area contributed by atoms with E-state index in [4.69, 9.17) is 0 Å². The maximum atomic E-state index is 12.6. The molecule has 0 amide bonds. The monoisotopic (exact) mass is 265 g/mol. The van der Waals surface area contributed by atoms with Crippen LogP contribution in [0.15, 0.2) is 18.2 Å². The van der Waals surface area contributed by atoms with Gasteiger partial charge in [-0.05, 0) is 47.3 Å². The molecule has 0 saturated heterocycles. The van der Waals surface area contributed by atoms with Crippen molar-refractivity contribution < 1.29 is 4.39 Å². The number of benzene rings is 1. The van der Waals surface area contributed by atoms with Crippen LogP contribution >= 0.6 is 22.6 Å². The lowest BCUT2D eigenvalue weighted by molar-refractivity contribution is 0.625. The Morgan fingerprint density at radius 2 is 2.27 bits per heavy atom. The van der Waals surface area contributed by atoms with Gasteiger partial charge in [-0.3, -0.25) is 0 Å². The van der Waals surface area contributed by atoms with Crippen molar-refractivity contribution in [2.24, 2.45) is 0 Å². The van der Waals surface area contributed by atoms with Crippen molar-refractivity contribution in [3.8, 4) is 0 Å². The lowest BCUT2D eigenvalue weighted by Crippen LogP contribution is -2.06. The number of halogens is 2. The predicted molar refractivity (Wildman–Crippen MR) is 51.9 cm³/mol. The van der Waals surface area contributed by atoms with E-state index in [0.29, 0.717) is 0 Å². The molecule has 0 aliphatic rings. The molecular weight excluding hydrogens is 256 g/mol. The second-order valence-electron chi connectivity index (χ2n) is 2.27. The molecule has 0 heterocycles. The summed E-state index contributed by atoms with van der Waals surface area (Å²) in [6.45, 7) is 0.790. The Balaban J connectivity index is 2.90. The van der Waals surface area contributed by atoms with Crippen LogP contribution in [0.5, 0.6) is 0 Å². The third-order valence-electron chi connectivity index (χ3n) is 1.38. The van der Waals surface area contributed by atoms with E-state index in [1.165, 1.54) is 12.1 Å². The normalized spacial score (nSPS) is 10.1. The molecule has 60 valence electrons. The largest absolute Gasteiger partial charge is 0.316 e. The minimum Gasteiger partial charge on any atom is -0.316 e. The smallest absolute Gasteiger partial charge is 0.124 e. The number of hydrogen-bond donors (Lipinski definition) is 1. The summed E-state index contributed by atoms with van der Waals surface area (Å²) in [6, 6.07) is 4.82. The van der Waals surface area contributed by atoms with Gasteiger partial charge in [-0.2, -0.15) is 0 Å². The van der Waals surface area contributed by atoms with E-state index < -0.39 is 0 Å². The van der Waals surface area contributed by atoms with Crippen LogP contribution in [0.4, 0.5) is 4.39 Å². The van der Waals surface area contributed by atoms with Gasteiger partial charge in [0.1, 0.15) is 5.82 Å². The van der Waals surface area contributed by atoms with Crippen LogP contribution in [0.3, 0.4) is 0 Å². The van der Waals surface area contributed by atoms with Gasteiger partial charge < -0.3 is 5.32 Å². The Morgan fingerprint density at radius 1 is 1.55 bits per heavy atom. The van der Waals surface area contributed by atoms with Crippen molar-refractivity contribution in [3.05, 3.63) is 33.1 Å². The minimum absolute atomic E-state index is 0.172. The van der Waals surface area contributed by atoms with Crippen LogP contribution in [-0.4, -0.2) is 7.05 Å². The van der Waals surface area contributed by atoms with Gasteiger partial charge in [0.25, 0.3) is 0 Å². The van der Waals surface area contributed by atoms with Gasteiger partial charge in [-0.25, -0.2) is 4.39 Å². The standard InChI is InChI=1S/C8H9FIN/c1-11-5-6-2-3-7(9)4-8(6)10/h2-4,11H,5H2,1H3. The van der Waals surface area contributed by atoms with E-state index in [9.17, 15) is 4.39 Å². The van der Waals surface area contributed by atoms with Gasteiger partial charge in [0, 0.05) is 10.1 Å². The first kappa shape index (κ1) is 8.93. The molecule has 1 N–H and O–H groups in total. The molecule has 0 spiro atoms. The minimum atomic E-state index is -0.172. The maximum absolute atomic E-state index is 12.6. The maximum Gasteiger partial charge on any atom is 0.124 e. The first-order chi connectivity index (χ1) is 5.24. The van der Waals surface area contributed by atoms with Crippen molar-refractivity contribution in [1.29, 1.82) is 0 Å². The zero-order valence-electron chi connectivity index (χ0n) is 6.20. The quantitative estimate of drug-likeness (QED) is 0.808. The molecule has 0 fully saturated rings. The molecule has 0 radical (unpaired) electrons. The molecule has 1 nitrogen and oxygen atoms in total. The number of nitrogens with one attached hydrogen (secondary N) is 1. The van der Waals surface area contributed by atoms with E-state index in [1.807, 2.05) is 7.05 Å². The first-order valence-corrected chi connectivity index (χ1v) is 4.40. The molecule has 3 heteroatoms. The first-order valence-electron chi connectivity index (χ1n) is 3.32. The average Bonchev–Trinajstić information content (AvgIpc) is 1.95. The molecule has 0 unspecified atom stereocenters. The van der Waals surface area contributed by atoms with E-state index in [1.54, 1.807) is 6.07 Å². The SMILES string of the molecule is CNCc1ccc(F)cc1I. The molecule has 1 rings (SSSR count). The second-order valence-corrected chi connectivity index (χ2v) is 3.43. The third-order valence-corrected chi connectivity index (χ3v) is 2.39. The van der Waals surface area contributed by atoms with Crippen molar-refractivity contribution in [1.82, 2.24) is 5.32 Å². The predicted octanol–water partition coefficient (Wildman–Crippen LogP) is 2.15. The van der Waals surface area contributed by atoms with Crippen LogP contribution in [0.2, 0.25) is 0 Å². The fourth-order valence-corrected chi connectivity index (χ4v) is 1.52. The zero-order valence-corrected chi connectivity index (χ0v) is 8.35. The summed E-state index contributed by atoms with van der Waals surface area (Å²) >= 11 is 2.13. The highest BCUT2D eigenvalue weighted by atomic mass is 127. The van der Waals surface area contributed by atoms with Gasteiger partial charge in [-0.1, -0.05) is 6.07 Å². The van der Waals surface area contributed by atoms with Crippen LogP contribution < -0.4 is 5.32 Å². The molecule has 1 aromatic carbocycles. The molecule has 0 aliphatic heterocycles. The van der Waals surface area contributed by atoms with Gasteiger partial charge in [0.05, 0.1) is 0 Å². The van der Waals surface area contributed by atoms with Gasteiger partial charge >= 0.3 is 0 Å². The average molecular weight is 265 g/mol. The van der Waals surface area contributed by atoms with Gasteiger partial charge in [-0.15, -0.1) is 0 Å². The zero-order chi connectivity index (χ0) is 8.27. The fraction of sp³-hybridized carbons (Fsp3) is 0.250. The van der Waals surface area contributed by atoms with Crippen molar-refractivity contribution in [2.75, 3.05) is 7.05 Å². The van der Waals surface area contributed by atoms with Gasteiger partial charge in [0.2, 0.25) is 0 Å². The highest BCUT2D eigenvalue weighted by molar-refractivity contribution is 14.1. The fourth-order valence-electron chi connectivity index (χ4n) is 0.855. The van der Waals surface area contributed by atoms with E-state index in [0.717, 1.165) is 15.7 Å². The van der Waals surface area contributed by atoms with Crippen LogP contribution in [0.1, 0.15) is 5.56 Å². The number of hydrogen-bond acceptors (Lipinski definition) is 1. The third kappa shape index (κ3) is 2.41. The summed E-state index contributed by atoms with van der Waals surface area (Å²) in [5.41, 5.74) is 1.13. The van der Waals surface area contributed by atoms with Gasteiger partial charge in [0.15, 0.2) is 0 Å². The summed E-state index contributed by atoms with van der Waals surface area (Å²) in [5.74, 6) is -0.172. The van der Waals surface area contributed by atoms with E-state index >= 15 is 0 Å². The Labute approximate surface area is 79.1 Å². The molecule has 1 aromatic rings. The van der Waals surface area contributed by atoms with Crippen LogP contribution in [0.25, 0.3) is 0 Å². The molecule has 0 aromatic heterocycles. The molecule has 0 aliphatic carbocycles. The van der Waals surface area contributed by atoms with E-state index in [-0.39, 0.29) is 5.82 Å². The molecule has 0 saturated carbocycles. The lowest BCUT2D eigenvalue weighted by Gasteiger charge is -2.02. The Hall–Kier alpha value is -0.160. The molecule has 11 heavy (non-hydrogen) atoms. The van der Waals surface area contributed by atoms with Crippen LogP contribution in [-0.2, 0) is 6.54 Å². The molecular formula is C8H9FIN. The Morgan fingerprint density at radius 3 is 2.82 bits per heavy atom.